The van der Waals surface area contributed by atoms with E-state index in [-0.39, 0.29) is 12.0 Å². The van der Waals surface area contributed by atoms with Gasteiger partial charge >= 0.3 is 12.1 Å². The van der Waals surface area contributed by atoms with Crippen LogP contribution in [-0.4, -0.2) is 54.7 Å². The van der Waals surface area contributed by atoms with Gasteiger partial charge in [-0.25, -0.2) is 23.3 Å². The van der Waals surface area contributed by atoms with E-state index in [1.165, 1.54) is 17.2 Å². The molecule has 9 heteroatoms. The summed E-state index contributed by atoms with van der Waals surface area (Å²) >= 11 is 6.24. The van der Waals surface area contributed by atoms with Gasteiger partial charge in [-0.15, -0.1) is 0 Å². The molecule has 0 aromatic heterocycles. The second kappa shape index (κ2) is 9.59. The smallest absolute Gasteiger partial charge is 0.418 e. The van der Waals surface area contributed by atoms with Crippen molar-refractivity contribution in [1.82, 2.24) is 15.1 Å². The minimum Gasteiger partial charge on any atom is -0.446 e. The Kier molecular flexibility index (Phi) is 6.51. The minimum absolute atomic E-state index is 0.0515. The zero-order valence-electron chi connectivity index (χ0n) is 19.1. The van der Waals surface area contributed by atoms with Crippen molar-refractivity contribution in [2.24, 2.45) is 0 Å². The molecule has 0 saturated carbocycles. The summed E-state index contributed by atoms with van der Waals surface area (Å²) in [6.07, 6.45) is 6.44. The first-order valence-electron chi connectivity index (χ1n) is 11.8. The molecular formula is C26H26ClF2N3O3. The van der Waals surface area contributed by atoms with Crippen molar-refractivity contribution in [3.05, 3.63) is 75.8 Å². The molecule has 2 aliphatic heterocycles. The molecule has 2 heterocycles. The Bertz CT molecular complexity index is 1180. The van der Waals surface area contributed by atoms with Crippen molar-refractivity contribution in [3.8, 4) is 0 Å². The average Bonchev–Trinajstić information content (AvgIpc) is 3.40. The summed E-state index contributed by atoms with van der Waals surface area (Å²) in [6, 6.07) is 7.98. The highest BCUT2D eigenvalue weighted by molar-refractivity contribution is 6.30. The van der Waals surface area contributed by atoms with Crippen molar-refractivity contribution < 1.29 is 23.1 Å². The second-order valence-electron chi connectivity index (χ2n) is 9.28. The third kappa shape index (κ3) is 4.65. The van der Waals surface area contributed by atoms with Gasteiger partial charge in [0, 0.05) is 17.0 Å². The van der Waals surface area contributed by atoms with Crippen molar-refractivity contribution >= 4 is 29.8 Å². The Morgan fingerprint density at radius 2 is 1.94 bits per heavy atom. The number of hydrogen-bond donors (Lipinski definition) is 1. The van der Waals surface area contributed by atoms with Crippen LogP contribution in [0.2, 0.25) is 5.02 Å². The van der Waals surface area contributed by atoms with Gasteiger partial charge in [0.05, 0.1) is 0 Å². The predicted molar refractivity (Wildman–Crippen MR) is 128 cm³/mol. The van der Waals surface area contributed by atoms with Gasteiger partial charge in [-0.05, 0) is 79.9 Å². The summed E-state index contributed by atoms with van der Waals surface area (Å²) in [5.41, 5.74) is 2.91. The molecule has 35 heavy (non-hydrogen) atoms. The number of ether oxygens (including phenoxy) is 1. The minimum atomic E-state index is -1.04. The van der Waals surface area contributed by atoms with Crippen LogP contribution in [0.5, 0.6) is 0 Å². The molecule has 2 saturated heterocycles. The highest BCUT2D eigenvalue weighted by Gasteiger charge is 2.40. The summed E-state index contributed by atoms with van der Waals surface area (Å²) in [7, 11) is 0. The third-order valence-corrected chi connectivity index (χ3v) is 7.46. The molecule has 3 aliphatic rings. The average molecular weight is 502 g/mol. The largest absolute Gasteiger partial charge is 0.446 e. The van der Waals surface area contributed by atoms with E-state index in [4.69, 9.17) is 16.3 Å². The van der Waals surface area contributed by atoms with Crippen molar-refractivity contribution in [2.75, 3.05) is 32.8 Å². The standard InChI is InChI=1S/C26H26ClF2N3O3/c27-19-4-2-17-6-7-26(20(17)15-19)8-12-31(13-9-26)11-1-10-30-24(33)32-23(16-35-25(32)34)18-3-5-21(28)22(29)14-18/h2-7,14-15,23H,1,8-13,16H2,(H,30,33). The molecule has 0 radical (unpaired) electrons. The number of fused-ring (bicyclic) bond motifs is 2. The van der Waals surface area contributed by atoms with Gasteiger partial charge in [-0.3, -0.25) is 0 Å². The van der Waals surface area contributed by atoms with Gasteiger partial charge in [-0.2, -0.15) is 0 Å². The number of urea groups is 1. The summed E-state index contributed by atoms with van der Waals surface area (Å²) < 4.78 is 31.9. The molecular weight excluding hydrogens is 476 g/mol. The van der Waals surface area contributed by atoms with Gasteiger partial charge in [0.15, 0.2) is 11.6 Å². The maximum Gasteiger partial charge on any atom is 0.418 e. The fraction of sp³-hybridized carbons (Fsp3) is 0.385. The fourth-order valence-electron chi connectivity index (χ4n) is 5.25. The molecule has 5 rings (SSSR count). The number of likely N-dealkylation sites (tertiary alicyclic amines) is 1. The topological polar surface area (TPSA) is 61.9 Å². The zero-order chi connectivity index (χ0) is 24.6. The van der Waals surface area contributed by atoms with Crippen LogP contribution in [0, 0.1) is 11.6 Å². The number of benzene rings is 2. The number of piperidine rings is 1. The molecule has 1 atom stereocenters. The quantitative estimate of drug-likeness (QED) is 0.567. The molecule has 1 spiro atoms. The van der Waals surface area contributed by atoms with Crippen LogP contribution in [-0.2, 0) is 10.2 Å². The first kappa shape index (κ1) is 23.8. The molecule has 1 aliphatic carbocycles. The third-order valence-electron chi connectivity index (χ3n) is 7.23. The summed E-state index contributed by atoms with van der Waals surface area (Å²) in [5.74, 6) is -2.03. The van der Waals surface area contributed by atoms with Gasteiger partial charge in [0.1, 0.15) is 12.6 Å². The van der Waals surface area contributed by atoms with Gasteiger partial charge < -0.3 is 15.0 Å². The van der Waals surface area contributed by atoms with E-state index in [0.29, 0.717) is 12.1 Å². The first-order chi connectivity index (χ1) is 16.9. The number of carbonyl (C=O) groups excluding carboxylic acids is 2. The van der Waals surface area contributed by atoms with E-state index >= 15 is 0 Å². The van der Waals surface area contributed by atoms with Crippen molar-refractivity contribution in [1.29, 1.82) is 0 Å². The predicted octanol–water partition coefficient (Wildman–Crippen LogP) is 5.27. The number of cyclic esters (lactones) is 1. The number of nitrogens with one attached hydrogen (secondary N) is 1. The Hall–Kier alpha value is -2.97. The van der Waals surface area contributed by atoms with Crippen molar-refractivity contribution in [2.45, 2.75) is 30.7 Å². The van der Waals surface area contributed by atoms with E-state index in [9.17, 15) is 18.4 Å². The number of halogens is 3. The van der Waals surface area contributed by atoms with Gasteiger partial charge in [0.25, 0.3) is 0 Å². The lowest BCUT2D eigenvalue weighted by Gasteiger charge is -2.39. The lowest BCUT2D eigenvalue weighted by molar-refractivity contribution is 0.157. The number of allylic oxidation sites excluding steroid dienone is 1. The molecule has 1 unspecified atom stereocenters. The highest BCUT2D eigenvalue weighted by Crippen LogP contribution is 2.44. The van der Waals surface area contributed by atoms with E-state index < -0.39 is 29.8 Å². The first-order valence-corrected chi connectivity index (χ1v) is 12.1. The van der Waals surface area contributed by atoms with E-state index in [1.807, 2.05) is 6.07 Å². The Morgan fingerprint density at radius 1 is 1.14 bits per heavy atom. The highest BCUT2D eigenvalue weighted by atomic mass is 35.5. The Labute approximate surface area is 207 Å². The van der Waals surface area contributed by atoms with E-state index in [1.54, 1.807) is 0 Å². The van der Waals surface area contributed by atoms with Crippen LogP contribution in [0.25, 0.3) is 6.08 Å². The van der Waals surface area contributed by atoms with Gasteiger partial charge in [0.2, 0.25) is 0 Å². The lowest BCUT2D eigenvalue weighted by Crippen LogP contribution is -2.44. The van der Waals surface area contributed by atoms with Gasteiger partial charge in [-0.1, -0.05) is 35.9 Å². The SMILES string of the molecule is O=C(NCCCN1CCC2(C=Cc3ccc(Cl)cc32)CC1)N1C(=O)OCC1c1ccc(F)c(F)c1. The molecule has 1 N–H and O–H groups in total. The normalized spacial score (nSPS) is 20.8. The van der Waals surface area contributed by atoms with Crippen LogP contribution in [0.3, 0.4) is 0 Å². The number of imide groups is 1. The summed E-state index contributed by atoms with van der Waals surface area (Å²) in [4.78, 5) is 28.1. The number of hydrogen-bond acceptors (Lipinski definition) is 4. The summed E-state index contributed by atoms with van der Waals surface area (Å²) in [6.45, 7) is 2.99. The van der Waals surface area contributed by atoms with E-state index in [0.717, 1.165) is 61.0 Å². The zero-order valence-corrected chi connectivity index (χ0v) is 19.9. The second-order valence-corrected chi connectivity index (χ2v) is 9.72. The van der Waals surface area contributed by atoms with Crippen LogP contribution < -0.4 is 5.32 Å². The number of rotatable bonds is 5. The lowest BCUT2D eigenvalue weighted by atomic mass is 9.74. The molecule has 2 aromatic carbocycles. The molecule has 6 nitrogen and oxygen atoms in total. The van der Waals surface area contributed by atoms with E-state index in [2.05, 4.69) is 34.5 Å². The summed E-state index contributed by atoms with van der Waals surface area (Å²) in [5, 5.41) is 3.52. The molecule has 2 aromatic rings. The Morgan fingerprint density at radius 3 is 2.71 bits per heavy atom. The number of nitrogens with zero attached hydrogens (tertiary/aromatic N) is 2. The molecule has 2 fully saturated rings. The maximum absolute atomic E-state index is 13.6. The number of carbonyl (C=O) groups is 2. The van der Waals surface area contributed by atoms with Crippen LogP contribution in [0.4, 0.5) is 18.4 Å². The van der Waals surface area contributed by atoms with Crippen molar-refractivity contribution in [3.63, 3.8) is 0 Å². The molecule has 3 amide bonds. The van der Waals surface area contributed by atoms with Crippen LogP contribution in [0.15, 0.2) is 42.5 Å². The molecule has 0 bridgehead atoms. The van der Waals surface area contributed by atoms with Crippen LogP contribution >= 0.6 is 11.6 Å². The molecule has 184 valence electrons. The number of amides is 3. The van der Waals surface area contributed by atoms with Crippen LogP contribution in [0.1, 0.15) is 42.0 Å². The Balaban J connectivity index is 1.10. The maximum atomic E-state index is 13.6. The fourth-order valence-corrected chi connectivity index (χ4v) is 5.42. The monoisotopic (exact) mass is 501 g/mol.